The number of hydrogen-bond donors (Lipinski definition) is 0. The SMILES string of the molecule is C#CCOS(=O)(=O)CCCCCCOP(=O)(OCC)OCC. The standard InChI is InChI=1S/C13H25O7PS/c1-4-11-20-22(15,16)13-10-8-7-9-12-19-21(14,17-5-2)18-6-3/h1H,5-13H2,2-3H3. The lowest BCUT2D eigenvalue weighted by Gasteiger charge is -2.16. The van der Waals surface area contributed by atoms with Gasteiger partial charge in [0.2, 0.25) is 0 Å². The molecule has 0 atom stereocenters. The fraction of sp³-hybridized carbons (Fsp3) is 0.846. The maximum Gasteiger partial charge on any atom is 0.474 e. The van der Waals surface area contributed by atoms with Gasteiger partial charge in [0.1, 0.15) is 6.61 Å². The Bertz CT molecular complexity index is 459. The maximum absolute atomic E-state index is 12.0. The van der Waals surface area contributed by atoms with E-state index < -0.39 is 17.9 Å². The van der Waals surface area contributed by atoms with Gasteiger partial charge in [0.15, 0.2) is 0 Å². The van der Waals surface area contributed by atoms with Gasteiger partial charge >= 0.3 is 7.82 Å². The van der Waals surface area contributed by atoms with Crippen LogP contribution in [0.4, 0.5) is 0 Å². The van der Waals surface area contributed by atoms with E-state index in [1.54, 1.807) is 13.8 Å². The molecule has 0 saturated carbocycles. The smallest absolute Gasteiger partial charge is 0.287 e. The van der Waals surface area contributed by atoms with Crippen LogP contribution in [0.15, 0.2) is 0 Å². The summed E-state index contributed by atoms with van der Waals surface area (Å²) in [7, 11) is -6.98. The van der Waals surface area contributed by atoms with Gasteiger partial charge < -0.3 is 0 Å². The van der Waals surface area contributed by atoms with E-state index in [-0.39, 0.29) is 32.2 Å². The van der Waals surface area contributed by atoms with Crippen LogP contribution >= 0.6 is 7.82 Å². The van der Waals surface area contributed by atoms with Crippen LogP contribution in [0.2, 0.25) is 0 Å². The number of phosphoric ester groups is 1. The molecule has 0 aromatic carbocycles. The third-order valence-corrected chi connectivity index (χ3v) is 5.35. The van der Waals surface area contributed by atoms with Gasteiger partial charge in [-0.15, -0.1) is 6.42 Å². The lowest BCUT2D eigenvalue weighted by atomic mass is 10.2. The van der Waals surface area contributed by atoms with Gasteiger partial charge in [-0.05, 0) is 26.7 Å². The minimum Gasteiger partial charge on any atom is -0.287 e. The molecule has 9 heteroatoms. The third kappa shape index (κ3) is 11.2. The molecule has 0 fully saturated rings. The molecule has 0 unspecified atom stereocenters. The summed E-state index contributed by atoms with van der Waals surface area (Å²) in [6, 6.07) is 0. The highest BCUT2D eigenvalue weighted by atomic mass is 32.2. The molecular weight excluding hydrogens is 331 g/mol. The van der Waals surface area contributed by atoms with Gasteiger partial charge in [-0.25, -0.2) is 4.57 Å². The molecule has 130 valence electrons. The number of terminal acetylenes is 1. The Balaban J connectivity index is 3.77. The molecule has 0 spiro atoms. The molecule has 22 heavy (non-hydrogen) atoms. The van der Waals surface area contributed by atoms with Crippen LogP contribution in [0.1, 0.15) is 39.5 Å². The van der Waals surface area contributed by atoms with Crippen molar-refractivity contribution in [3.8, 4) is 12.3 Å². The van der Waals surface area contributed by atoms with E-state index in [2.05, 4.69) is 10.1 Å². The van der Waals surface area contributed by atoms with Crippen molar-refractivity contribution in [3.05, 3.63) is 0 Å². The Kier molecular flexibility index (Phi) is 11.8. The van der Waals surface area contributed by atoms with Crippen LogP contribution in [-0.2, 0) is 32.4 Å². The van der Waals surface area contributed by atoms with Gasteiger partial charge in [-0.1, -0.05) is 18.8 Å². The number of unbranched alkanes of at least 4 members (excludes halogenated alkanes) is 3. The Morgan fingerprint density at radius 2 is 1.59 bits per heavy atom. The van der Waals surface area contributed by atoms with Crippen molar-refractivity contribution >= 4 is 17.9 Å². The van der Waals surface area contributed by atoms with Crippen molar-refractivity contribution in [2.24, 2.45) is 0 Å². The first-order valence-electron chi connectivity index (χ1n) is 7.23. The first-order valence-corrected chi connectivity index (χ1v) is 10.3. The summed E-state index contributed by atoms with van der Waals surface area (Å²) in [6.07, 6.45) is 7.46. The molecule has 0 rings (SSSR count). The second kappa shape index (κ2) is 12.1. The van der Waals surface area contributed by atoms with Gasteiger partial charge in [-0.2, -0.15) is 8.42 Å². The molecule has 0 bridgehead atoms. The quantitative estimate of drug-likeness (QED) is 0.205. The molecule has 0 saturated heterocycles. The van der Waals surface area contributed by atoms with Crippen molar-refractivity contribution in [2.45, 2.75) is 39.5 Å². The van der Waals surface area contributed by atoms with E-state index in [1.165, 1.54) is 0 Å². The van der Waals surface area contributed by atoms with Gasteiger partial charge in [0, 0.05) is 0 Å². The number of phosphoric acid groups is 1. The molecular formula is C13H25O7PS. The molecule has 0 aliphatic rings. The molecule has 0 radical (unpaired) electrons. The minimum absolute atomic E-state index is 0.0636. The summed E-state index contributed by atoms with van der Waals surface area (Å²) in [6.45, 7) is 3.90. The monoisotopic (exact) mass is 356 g/mol. The Morgan fingerprint density at radius 3 is 2.14 bits per heavy atom. The van der Waals surface area contributed by atoms with Crippen molar-refractivity contribution in [2.75, 3.05) is 32.2 Å². The summed E-state index contributed by atoms with van der Waals surface area (Å²) < 4.78 is 54.3. The summed E-state index contributed by atoms with van der Waals surface area (Å²) in [5.74, 6) is 2.05. The summed E-state index contributed by atoms with van der Waals surface area (Å²) >= 11 is 0. The topological polar surface area (TPSA) is 88.1 Å². The molecule has 0 aromatic heterocycles. The van der Waals surface area contributed by atoms with Crippen LogP contribution in [0.3, 0.4) is 0 Å². The van der Waals surface area contributed by atoms with E-state index in [0.29, 0.717) is 19.3 Å². The predicted molar refractivity (Wildman–Crippen MR) is 83.9 cm³/mol. The minimum atomic E-state index is -3.53. The lowest BCUT2D eigenvalue weighted by molar-refractivity contribution is 0.120. The van der Waals surface area contributed by atoms with Crippen LogP contribution in [0.25, 0.3) is 0 Å². The molecule has 0 N–H and O–H groups in total. The second-order valence-electron chi connectivity index (χ2n) is 4.26. The molecule has 0 heterocycles. The zero-order valence-corrected chi connectivity index (χ0v) is 14.9. The van der Waals surface area contributed by atoms with Crippen molar-refractivity contribution in [1.29, 1.82) is 0 Å². The van der Waals surface area contributed by atoms with Crippen molar-refractivity contribution in [3.63, 3.8) is 0 Å². The second-order valence-corrected chi connectivity index (χ2v) is 7.69. The average molecular weight is 356 g/mol. The van der Waals surface area contributed by atoms with Crippen LogP contribution in [-0.4, -0.2) is 40.6 Å². The van der Waals surface area contributed by atoms with E-state index in [4.69, 9.17) is 20.0 Å². The highest BCUT2D eigenvalue weighted by Gasteiger charge is 2.24. The molecule has 0 aromatic rings. The lowest BCUT2D eigenvalue weighted by Crippen LogP contribution is -2.10. The maximum atomic E-state index is 12.0. The average Bonchev–Trinajstić information content (AvgIpc) is 2.44. The van der Waals surface area contributed by atoms with Crippen molar-refractivity contribution in [1.82, 2.24) is 0 Å². The number of rotatable bonds is 14. The largest absolute Gasteiger partial charge is 0.474 e. The normalized spacial score (nSPS) is 12.2. The fourth-order valence-electron chi connectivity index (χ4n) is 1.52. The highest BCUT2D eigenvalue weighted by molar-refractivity contribution is 7.86. The molecule has 7 nitrogen and oxygen atoms in total. The summed E-state index contributed by atoms with van der Waals surface area (Å²) in [5, 5.41) is 0. The van der Waals surface area contributed by atoms with Crippen LogP contribution < -0.4 is 0 Å². The van der Waals surface area contributed by atoms with E-state index >= 15 is 0 Å². The highest BCUT2D eigenvalue weighted by Crippen LogP contribution is 2.49. The Morgan fingerprint density at radius 1 is 1.00 bits per heavy atom. The predicted octanol–water partition coefficient (Wildman–Crippen LogP) is 2.72. The zero-order valence-electron chi connectivity index (χ0n) is 13.2. The fourth-order valence-corrected chi connectivity index (χ4v) is 3.65. The zero-order chi connectivity index (χ0) is 16.9. The molecule has 0 amide bonds. The Labute approximate surface area is 133 Å². The first kappa shape index (κ1) is 21.6. The van der Waals surface area contributed by atoms with Crippen LogP contribution in [0.5, 0.6) is 0 Å². The first-order chi connectivity index (χ1) is 10.4. The summed E-state index contributed by atoms with van der Waals surface area (Å²) in [5.41, 5.74) is 0. The van der Waals surface area contributed by atoms with E-state index in [9.17, 15) is 13.0 Å². The van der Waals surface area contributed by atoms with E-state index in [1.807, 2.05) is 0 Å². The molecule has 0 aliphatic carbocycles. The molecule has 0 aliphatic heterocycles. The van der Waals surface area contributed by atoms with Gasteiger partial charge in [0.25, 0.3) is 10.1 Å². The van der Waals surface area contributed by atoms with Crippen LogP contribution in [0, 0.1) is 12.3 Å². The van der Waals surface area contributed by atoms with Gasteiger partial charge in [0.05, 0.1) is 25.6 Å². The van der Waals surface area contributed by atoms with Crippen molar-refractivity contribution < 1.29 is 30.7 Å². The van der Waals surface area contributed by atoms with Gasteiger partial charge in [-0.3, -0.25) is 17.8 Å². The number of hydrogen-bond acceptors (Lipinski definition) is 7. The third-order valence-electron chi connectivity index (χ3n) is 2.43. The summed E-state index contributed by atoms with van der Waals surface area (Å²) in [4.78, 5) is 0. The van der Waals surface area contributed by atoms with E-state index in [0.717, 1.165) is 6.42 Å². The Hall–Kier alpha value is -0.420.